The number of benzene rings is 1. The van der Waals surface area contributed by atoms with E-state index in [4.69, 9.17) is 0 Å². The molecule has 2 unspecified atom stereocenters. The van der Waals surface area contributed by atoms with Crippen LogP contribution in [0, 0.1) is 6.92 Å². The minimum absolute atomic E-state index is 0.370. The lowest BCUT2D eigenvalue weighted by atomic mass is 10.1. The van der Waals surface area contributed by atoms with Crippen molar-refractivity contribution in [1.29, 1.82) is 0 Å². The summed E-state index contributed by atoms with van der Waals surface area (Å²) in [5.74, 6) is 0. The highest BCUT2D eigenvalue weighted by atomic mass is 32.2. The molecular formula is C19H18F3N3OS2. The van der Waals surface area contributed by atoms with Gasteiger partial charge in [-0.05, 0) is 25.5 Å². The molecule has 0 aliphatic heterocycles. The number of nitrogens with zero attached hydrogens (tertiary/aromatic N) is 3. The van der Waals surface area contributed by atoms with Gasteiger partial charge < -0.3 is 0 Å². The zero-order valence-corrected chi connectivity index (χ0v) is 17.0. The largest absolute Gasteiger partial charge is 0.433 e. The summed E-state index contributed by atoms with van der Waals surface area (Å²) in [4.78, 5) is 7.86. The van der Waals surface area contributed by atoms with Crippen LogP contribution in [0.1, 0.15) is 29.0 Å². The molecule has 9 heteroatoms. The van der Waals surface area contributed by atoms with Crippen LogP contribution in [0.4, 0.5) is 18.3 Å². The first kappa shape index (κ1) is 20.5. The van der Waals surface area contributed by atoms with Gasteiger partial charge in [0.25, 0.3) is 0 Å². The van der Waals surface area contributed by atoms with Crippen LogP contribution in [0.5, 0.6) is 0 Å². The van der Waals surface area contributed by atoms with Gasteiger partial charge >= 0.3 is 6.18 Å². The number of alkyl halides is 3. The normalized spacial score (nSPS) is 15.1. The summed E-state index contributed by atoms with van der Waals surface area (Å²) in [5, 5.41) is 1.60. The van der Waals surface area contributed by atoms with Crippen LogP contribution in [0.3, 0.4) is 0 Å². The van der Waals surface area contributed by atoms with E-state index in [1.54, 1.807) is 6.92 Å². The molecule has 0 radical (unpaired) electrons. The van der Waals surface area contributed by atoms with Crippen LogP contribution in [0.15, 0.2) is 52.3 Å². The maximum absolute atomic E-state index is 13.1. The maximum atomic E-state index is 13.1. The first-order valence-corrected chi connectivity index (χ1v) is 11.2. The highest BCUT2D eigenvalue weighted by Crippen LogP contribution is 2.32. The Morgan fingerprint density at radius 3 is 2.39 bits per heavy atom. The molecule has 0 aliphatic carbocycles. The molecule has 0 saturated heterocycles. The van der Waals surface area contributed by atoms with Gasteiger partial charge in [0.05, 0.1) is 20.7 Å². The Hall–Kier alpha value is -2.26. The fourth-order valence-electron chi connectivity index (χ4n) is 2.46. The van der Waals surface area contributed by atoms with Gasteiger partial charge in [0, 0.05) is 23.4 Å². The Morgan fingerprint density at radius 2 is 1.82 bits per heavy atom. The van der Waals surface area contributed by atoms with Crippen molar-refractivity contribution in [3.63, 3.8) is 0 Å². The molecule has 28 heavy (non-hydrogen) atoms. The lowest BCUT2D eigenvalue weighted by Gasteiger charge is -2.14. The molecule has 0 spiro atoms. The smallest absolute Gasteiger partial charge is 0.251 e. The van der Waals surface area contributed by atoms with Crippen molar-refractivity contribution < 1.29 is 17.4 Å². The van der Waals surface area contributed by atoms with E-state index in [1.807, 2.05) is 36.6 Å². The Balaban J connectivity index is 1.86. The second kappa shape index (κ2) is 7.63. The van der Waals surface area contributed by atoms with E-state index >= 15 is 0 Å². The molecule has 2 atom stereocenters. The van der Waals surface area contributed by atoms with E-state index < -0.39 is 26.8 Å². The van der Waals surface area contributed by atoms with Gasteiger partial charge in [-0.15, -0.1) is 11.3 Å². The van der Waals surface area contributed by atoms with Gasteiger partial charge in [0.1, 0.15) is 5.69 Å². The third-order valence-corrected chi connectivity index (χ3v) is 7.27. The van der Waals surface area contributed by atoms with Gasteiger partial charge in [-0.3, -0.25) is 4.98 Å². The average Bonchev–Trinajstić information content (AvgIpc) is 3.08. The van der Waals surface area contributed by atoms with Crippen LogP contribution in [-0.4, -0.2) is 20.4 Å². The topological polar surface area (TPSA) is 55.2 Å². The average molecular weight is 426 g/mol. The SMILES string of the molecule is Cc1ccc(-c2csc(N=S(C)(=O)C(C)c3ccc(C(F)(F)F)nc3)n2)cc1. The number of pyridine rings is 1. The second-order valence-electron chi connectivity index (χ2n) is 6.45. The van der Waals surface area contributed by atoms with Gasteiger partial charge in [-0.1, -0.05) is 35.9 Å². The molecule has 3 aromatic rings. The molecule has 148 valence electrons. The molecule has 0 N–H and O–H groups in total. The molecule has 2 heterocycles. The predicted octanol–water partition coefficient (Wildman–Crippen LogP) is 6.02. The highest BCUT2D eigenvalue weighted by molar-refractivity contribution is 7.93. The molecule has 3 rings (SSSR count). The van der Waals surface area contributed by atoms with E-state index in [-0.39, 0.29) is 0 Å². The van der Waals surface area contributed by atoms with Crippen molar-refractivity contribution in [1.82, 2.24) is 9.97 Å². The van der Waals surface area contributed by atoms with Crippen LogP contribution in [-0.2, 0) is 15.9 Å². The number of aryl methyl sites for hydroxylation is 1. The van der Waals surface area contributed by atoms with Gasteiger partial charge in [-0.25, -0.2) is 9.19 Å². The van der Waals surface area contributed by atoms with E-state index in [0.717, 1.165) is 29.1 Å². The van der Waals surface area contributed by atoms with Crippen molar-refractivity contribution in [3.8, 4) is 11.3 Å². The monoisotopic (exact) mass is 425 g/mol. The summed E-state index contributed by atoms with van der Waals surface area (Å²) in [7, 11) is -2.79. The van der Waals surface area contributed by atoms with Crippen molar-refractivity contribution in [2.45, 2.75) is 25.3 Å². The lowest BCUT2D eigenvalue weighted by Crippen LogP contribution is -2.11. The lowest BCUT2D eigenvalue weighted by molar-refractivity contribution is -0.141. The molecule has 1 aromatic carbocycles. The third-order valence-electron chi connectivity index (χ3n) is 4.30. The zero-order chi connectivity index (χ0) is 20.5. The van der Waals surface area contributed by atoms with Gasteiger partial charge in [0.15, 0.2) is 0 Å². The number of aromatic nitrogens is 2. The Bertz CT molecular complexity index is 1080. The van der Waals surface area contributed by atoms with Crippen molar-refractivity contribution in [2.75, 3.05) is 6.26 Å². The molecular weight excluding hydrogens is 407 g/mol. The molecule has 2 aromatic heterocycles. The number of hydrogen-bond acceptors (Lipinski definition) is 5. The Kier molecular flexibility index (Phi) is 5.58. The first-order chi connectivity index (χ1) is 13.1. The third kappa shape index (κ3) is 4.59. The highest BCUT2D eigenvalue weighted by Gasteiger charge is 2.32. The number of hydrogen-bond donors (Lipinski definition) is 0. The van der Waals surface area contributed by atoms with Crippen LogP contribution in [0.2, 0.25) is 0 Å². The van der Waals surface area contributed by atoms with Gasteiger partial charge in [-0.2, -0.15) is 17.5 Å². The fourth-order valence-corrected chi connectivity index (χ4v) is 4.79. The van der Waals surface area contributed by atoms with Crippen molar-refractivity contribution >= 4 is 26.2 Å². The molecule has 0 aliphatic rings. The maximum Gasteiger partial charge on any atom is 0.433 e. The molecule has 0 fully saturated rings. The fraction of sp³-hybridized carbons (Fsp3) is 0.263. The van der Waals surface area contributed by atoms with Crippen molar-refractivity contribution in [2.24, 2.45) is 4.36 Å². The van der Waals surface area contributed by atoms with Crippen LogP contribution in [0.25, 0.3) is 11.3 Å². The Morgan fingerprint density at radius 1 is 1.14 bits per heavy atom. The standard InChI is InChI=1S/C19H18F3N3OS2/c1-12-4-6-14(7-5-12)16-11-27-18(24-16)25-28(3,26)13(2)15-8-9-17(23-10-15)19(20,21)22/h4-11,13H,1-3H3. The summed E-state index contributed by atoms with van der Waals surface area (Å²) in [6, 6.07) is 10.0. The minimum atomic E-state index is -4.51. The van der Waals surface area contributed by atoms with Crippen molar-refractivity contribution in [3.05, 3.63) is 64.8 Å². The minimum Gasteiger partial charge on any atom is -0.251 e. The van der Waals surface area contributed by atoms with E-state index in [0.29, 0.717) is 10.7 Å². The summed E-state index contributed by atoms with van der Waals surface area (Å²) in [6.07, 6.45) is -1.93. The van der Waals surface area contributed by atoms with E-state index in [1.165, 1.54) is 23.7 Å². The van der Waals surface area contributed by atoms with E-state index in [9.17, 15) is 17.4 Å². The molecule has 0 bridgehead atoms. The molecule has 0 saturated carbocycles. The summed E-state index contributed by atoms with van der Waals surface area (Å²) >= 11 is 1.27. The molecule has 0 amide bonds. The summed E-state index contributed by atoms with van der Waals surface area (Å²) in [6.45, 7) is 3.65. The molecule has 4 nitrogen and oxygen atoms in total. The Labute approximate surface area is 165 Å². The van der Waals surface area contributed by atoms with Gasteiger partial charge in [0.2, 0.25) is 5.13 Å². The number of rotatable bonds is 4. The summed E-state index contributed by atoms with van der Waals surface area (Å²) in [5.41, 5.74) is 2.26. The quantitative estimate of drug-likeness (QED) is 0.513. The summed E-state index contributed by atoms with van der Waals surface area (Å²) < 4.78 is 55.4. The number of thiazole rings is 1. The predicted molar refractivity (Wildman–Crippen MR) is 106 cm³/mol. The first-order valence-electron chi connectivity index (χ1n) is 8.33. The van der Waals surface area contributed by atoms with Crippen LogP contribution >= 0.6 is 11.3 Å². The zero-order valence-electron chi connectivity index (χ0n) is 15.4. The van der Waals surface area contributed by atoms with Crippen LogP contribution < -0.4 is 0 Å². The van der Waals surface area contributed by atoms with E-state index in [2.05, 4.69) is 14.3 Å². The second-order valence-corrected chi connectivity index (χ2v) is 9.90. The number of halogens is 3.